The highest BCUT2D eigenvalue weighted by Crippen LogP contribution is 2.26. The molecule has 0 aromatic carbocycles. The molecule has 0 radical (unpaired) electrons. The molecular formula is C13H17N7O. The molecule has 21 heavy (non-hydrogen) atoms. The molecule has 2 heterocycles. The molecule has 0 saturated carbocycles. The molecule has 1 aromatic heterocycles. The van der Waals surface area contributed by atoms with Crippen LogP contribution >= 0.6 is 0 Å². The Labute approximate surface area is 123 Å². The van der Waals surface area contributed by atoms with Gasteiger partial charge in [0, 0.05) is 13.2 Å². The second-order valence-electron chi connectivity index (χ2n) is 4.65. The second-order valence-corrected chi connectivity index (χ2v) is 4.65. The first-order valence-corrected chi connectivity index (χ1v) is 6.71. The first kappa shape index (κ1) is 14.8. The van der Waals surface area contributed by atoms with Crippen LogP contribution in [0.25, 0.3) is 0 Å². The number of rotatable bonds is 6. The molecule has 8 heteroatoms. The van der Waals surface area contributed by atoms with Gasteiger partial charge in [-0.25, -0.2) is 9.97 Å². The Hall–Kier alpha value is -2.58. The van der Waals surface area contributed by atoms with Crippen LogP contribution in [0.2, 0.25) is 0 Å². The van der Waals surface area contributed by atoms with Crippen molar-refractivity contribution in [2.24, 2.45) is 0 Å². The smallest absolute Gasteiger partial charge is 0.159 e. The minimum Gasteiger partial charge on any atom is -0.393 e. The van der Waals surface area contributed by atoms with E-state index in [1.54, 1.807) is 0 Å². The molecule has 110 valence electrons. The maximum atomic E-state index is 8.81. The summed E-state index contributed by atoms with van der Waals surface area (Å²) in [6.07, 6.45) is 3.61. The van der Waals surface area contributed by atoms with Gasteiger partial charge in [0.2, 0.25) is 0 Å². The molecule has 1 atom stereocenters. The predicted molar refractivity (Wildman–Crippen MR) is 77.3 cm³/mol. The summed E-state index contributed by atoms with van der Waals surface area (Å²) >= 11 is 0. The van der Waals surface area contributed by atoms with Crippen LogP contribution in [0.4, 0.5) is 17.3 Å². The van der Waals surface area contributed by atoms with Crippen LogP contribution in [0.15, 0.2) is 6.33 Å². The standard InChI is InChI=1S/C13H17N7O/c14-3-5-20(6-4-15)13-11(16)12(18-9-19-13)17-8-10-2-1-7-21-10/h9-10H,1-2,5-8,16H2,(H,17,18,19). The van der Waals surface area contributed by atoms with Crippen LogP contribution in [0.1, 0.15) is 12.8 Å². The van der Waals surface area contributed by atoms with Crippen molar-refractivity contribution in [2.45, 2.75) is 18.9 Å². The van der Waals surface area contributed by atoms with E-state index in [4.69, 9.17) is 21.0 Å². The van der Waals surface area contributed by atoms with Gasteiger partial charge in [-0.2, -0.15) is 10.5 Å². The van der Waals surface area contributed by atoms with Gasteiger partial charge in [0.1, 0.15) is 25.1 Å². The largest absolute Gasteiger partial charge is 0.393 e. The zero-order valence-electron chi connectivity index (χ0n) is 11.6. The molecule has 1 aliphatic heterocycles. The zero-order valence-corrected chi connectivity index (χ0v) is 11.6. The van der Waals surface area contributed by atoms with E-state index in [1.165, 1.54) is 11.2 Å². The molecule has 0 spiro atoms. The van der Waals surface area contributed by atoms with E-state index in [-0.39, 0.29) is 19.2 Å². The number of ether oxygens (including phenoxy) is 1. The summed E-state index contributed by atoms with van der Waals surface area (Å²) in [6, 6.07) is 3.99. The van der Waals surface area contributed by atoms with E-state index < -0.39 is 0 Å². The quantitative estimate of drug-likeness (QED) is 0.725. The van der Waals surface area contributed by atoms with Gasteiger partial charge in [0.25, 0.3) is 0 Å². The molecule has 1 unspecified atom stereocenters. The maximum Gasteiger partial charge on any atom is 0.159 e. The second kappa shape index (κ2) is 7.27. The van der Waals surface area contributed by atoms with Gasteiger partial charge in [-0.05, 0) is 12.8 Å². The van der Waals surface area contributed by atoms with E-state index in [9.17, 15) is 0 Å². The number of aromatic nitrogens is 2. The number of anilines is 3. The fourth-order valence-corrected chi connectivity index (χ4v) is 2.17. The third-order valence-electron chi connectivity index (χ3n) is 3.21. The maximum absolute atomic E-state index is 8.81. The fraction of sp³-hybridized carbons (Fsp3) is 0.538. The summed E-state index contributed by atoms with van der Waals surface area (Å²) in [5.74, 6) is 0.888. The number of hydrogen-bond donors (Lipinski definition) is 2. The van der Waals surface area contributed by atoms with Crippen LogP contribution in [0, 0.1) is 22.7 Å². The average molecular weight is 287 g/mol. The third kappa shape index (κ3) is 3.71. The van der Waals surface area contributed by atoms with Crippen LogP contribution in [-0.2, 0) is 4.74 Å². The molecule has 0 amide bonds. The van der Waals surface area contributed by atoms with Crippen LogP contribution in [-0.4, -0.2) is 42.3 Å². The van der Waals surface area contributed by atoms with Crippen LogP contribution in [0.3, 0.4) is 0 Å². The van der Waals surface area contributed by atoms with Crippen molar-refractivity contribution >= 4 is 17.3 Å². The minimum absolute atomic E-state index is 0.0416. The monoisotopic (exact) mass is 287 g/mol. The Morgan fingerprint density at radius 3 is 2.76 bits per heavy atom. The van der Waals surface area contributed by atoms with Crippen molar-refractivity contribution in [1.29, 1.82) is 10.5 Å². The van der Waals surface area contributed by atoms with E-state index >= 15 is 0 Å². The predicted octanol–water partition coefficient (Wildman–Crippen LogP) is 0.503. The van der Waals surface area contributed by atoms with Gasteiger partial charge in [0.15, 0.2) is 11.6 Å². The lowest BCUT2D eigenvalue weighted by Crippen LogP contribution is -2.27. The molecule has 1 fully saturated rings. The van der Waals surface area contributed by atoms with E-state index in [1.807, 2.05) is 12.1 Å². The molecule has 8 nitrogen and oxygen atoms in total. The normalized spacial score (nSPS) is 17.0. The van der Waals surface area contributed by atoms with Crippen LogP contribution in [0.5, 0.6) is 0 Å². The van der Waals surface area contributed by atoms with Crippen molar-refractivity contribution in [2.75, 3.05) is 42.2 Å². The highest BCUT2D eigenvalue weighted by atomic mass is 16.5. The van der Waals surface area contributed by atoms with Gasteiger partial charge < -0.3 is 20.7 Å². The van der Waals surface area contributed by atoms with Gasteiger partial charge in [-0.1, -0.05) is 0 Å². The SMILES string of the molecule is N#CCN(CC#N)c1ncnc(NCC2CCCO2)c1N. The molecule has 1 saturated heterocycles. The summed E-state index contributed by atoms with van der Waals surface area (Å²) in [6.45, 7) is 1.49. The molecule has 0 aliphatic carbocycles. The number of nitriles is 2. The third-order valence-corrected chi connectivity index (χ3v) is 3.21. The molecule has 2 rings (SSSR count). The lowest BCUT2D eigenvalue weighted by Gasteiger charge is -2.20. The summed E-state index contributed by atoms with van der Waals surface area (Å²) in [5.41, 5.74) is 6.37. The number of nitrogens with two attached hydrogens (primary N) is 1. The minimum atomic E-state index is 0.0416. The Balaban J connectivity index is 2.10. The summed E-state index contributed by atoms with van der Waals surface area (Å²) in [7, 11) is 0. The number of hydrogen-bond acceptors (Lipinski definition) is 8. The Bertz CT molecular complexity index is 541. The van der Waals surface area contributed by atoms with Crippen molar-refractivity contribution < 1.29 is 4.74 Å². The van der Waals surface area contributed by atoms with Crippen LogP contribution < -0.4 is 16.0 Å². The molecule has 1 aliphatic rings. The fourth-order valence-electron chi connectivity index (χ4n) is 2.17. The van der Waals surface area contributed by atoms with Gasteiger partial charge in [-0.15, -0.1) is 0 Å². The lowest BCUT2D eigenvalue weighted by atomic mass is 10.2. The Morgan fingerprint density at radius 2 is 2.14 bits per heavy atom. The van der Waals surface area contributed by atoms with Crippen molar-refractivity contribution in [3.8, 4) is 12.1 Å². The number of nitrogens with zero attached hydrogens (tertiary/aromatic N) is 5. The topological polar surface area (TPSA) is 124 Å². The molecule has 3 N–H and O–H groups in total. The lowest BCUT2D eigenvalue weighted by molar-refractivity contribution is 0.120. The first-order valence-electron chi connectivity index (χ1n) is 6.71. The zero-order chi connectivity index (χ0) is 15.1. The summed E-state index contributed by atoms with van der Waals surface area (Å²) < 4.78 is 5.53. The Kier molecular flexibility index (Phi) is 5.13. The van der Waals surface area contributed by atoms with E-state index in [0.717, 1.165) is 19.4 Å². The van der Waals surface area contributed by atoms with Gasteiger partial charge in [-0.3, -0.25) is 0 Å². The highest BCUT2D eigenvalue weighted by Gasteiger charge is 2.18. The van der Waals surface area contributed by atoms with E-state index in [0.29, 0.717) is 23.9 Å². The van der Waals surface area contributed by atoms with Crippen molar-refractivity contribution in [3.05, 3.63) is 6.33 Å². The number of nitrogen functional groups attached to an aromatic ring is 1. The summed E-state index contributed by atoms with van der Waals surface area (Å²) in [5, 5.41) is 20.8. The molecule has 0 bridgehead atoms. The van der Waals surface area contributed by atoms with Crippen molar-refractivity contribution in [3.63, 3.8) is 0 Å². The van der Waals surface area contributed by atoms with Crippen molar-refractivity contribution in [1.82, 2.24) is 9.97 Å². The molecule has 1 aromatic rings. The summed E-state index contributed by atoms with van der Waals surface area (Å²) in [4.78, 5) is 9.69. The number of nitrogens with one attached hydrogen (secondary N) is 1. The Morgan fingerprint density at radius 1 is 1.38 bits per heavy atom. The average Bonchev–Trinajstić information content (AvgIpc) is 2.99. The van der Waals surface area contributed by atoms with Gasteiger partial charge >= 0.3 is 0 Å². The van der Waals surface area contributed by atoms with Gasteiger partial charge in [0.05, 0.1) is 18.2 Å². The first-order chi connectivity index (χ1) is 10.3. The highest BCUT2D eigenvalue weighted by molar-refractivity contribution is 5.75. The molecular weight excluding hydrogens is 270 g/mol. The van der Waals surface area contributed by atoms with E-state index in [2.05, 4.69) is 15.3 Å².